The number of thioether (sulfide) groups is 1. The van der Waals surface area contributed by atoms with Crippen molar-refractivity contribution in [2.24, 2.45) is 0 Å². The lowest BCUT2D eigenvalue weighted by Gasteiger charge is -2.34. The molecule has 0 saturated heterocycles. The lowest BCUT2D eigenvalue weighted by atomic mass is 9.87. The average molecular weight is 625 g/mol. The molecule has 0 heterocycles. The molecule has 12 heteroatoms. The van der Waals surface area contributed by atoms with Crippen LogP contribution in [0, 0.1) is 18.1 Å². The highest BCUT2D eigenvalue weighted by molar-refractivity contribution is 9.12. The van der Waals surface area contributed by atoms with Crippen molar-refractivity contribution >= 4 is 49.2 Å². The molecule has 0 aliphatic heterocycles. The van der Waals surface area contributed by atoms with Gasteiger partial charge < -0.3 is 0 Å². The summed E-state index contributed by atoms with van der Waals surface area (Å²) in [6.45, 7) is 0. The molecule has 2 aromatic rings. The van der Waals surface area contributed by atoms with Gasteiger partial charge in [0.25, 0.3) is 0 Å². The zero-order chi connectivity index (χ0) is 24.8. The van der Waals surface area contributed by atoms with Crippen LogP contribution in [0.25, 0.3) is 5.57 Å². The van der Waals surface area contributed by atoms with Crippen molar-refractivity contribution in [3.8, 4) is 0 Å². The number of allylic oxidation sites excluding steroid dienone is 3. The van der Waals surface area contributed by atoms with Gasteiger partial charge in [-0.1, -0.05) is 68.3 Å². The Labute approximate surface area is 203 Å². The molecule has 1 atom stereocenters. The minimum absolute atomic E-state index is 0.135. The molecule has 1 aliphatic carbocycles. The monoisotopic (exact) mass is 623 g/mol. The van der Waals surface area contributed by atoms with Crippen LogP contribution in [-0.4, -0.2) is 17.4 Å². The van der Waals surface area contributed by atoms with Gasteiger partial charge in [-0.2, -0.15) is 30.7 Å². The van der Waals surface area contributed by atoms with Gasteiger partial charge in [-0.15, -0.1) is 0 Å². The second-order valence-electron chi connectivity index (χ2n) is 6.79. The van der Waals surface area contributed by atoms with Gasteiger partial charge in [-0.05, 0) is 30.0 Å². The summed E-state index contributed by atoms with van der Waals surface area (Å²) in [5, 5.41) is -5.68. The molecule has 33 heavy (non-hydrogen) atoms. The number of benzene rings is 2. The molecule has 0 bridgehead atoms. The molecular weight excluding hydrogens is 615 g/mol. The maximum atomic E-state index is 14.5. The zero-order valence-corrected chi connectivity index (χ0v) is 19.8. The Morgan fingerprint density at radius 2 is 1.33 bits per heavy atom. The van der Waals surface area contributed by atoms with E-state index in [1.807, 2.05) is 0 Å². The molecule has 0 N–H and O–H groups in total. The second-order valence-corrected chi connectivity index (χ2v) is 10.1. The van der Waals surface area contributed by atoms with E-state index >= 15 is 0 Å². The summed E-state index contributed by atoms with van der Waals surface area (Å²) in [4.78, 5) is -0.830. The van der Waals surface area contributed by atoms with Gasteiger partial charge in [-0.25, -0.2) is 8.78 Å². The Kier molecular flexibility index (Phi) is 7.14. The van der Waals surface area contributed by atoms with Crippen molar-refractivity contribution in [3.63, 3.8) is 0 Å². The molecule has 3 rings (SSSR count). The van der Waals surface area contributed by atoms with E-state index in [2.05, 4.69) is 31.9 Å². The number of hydrogen-bond acceptors (Lipinski definition) is 1. The van der Waals surface area contributed by atoms with E-state index in [1.165, 1.54) is 36.8 Å². The molecule has 1 unspecified atom stereocenters. The Bertz CT molecular complexity index is 1120. The summed E-state index contributed by atoms with van der Waals surface area (Å²) in [5.74, 6) is -8.16. The predicted molar refractivity (Wildman–Crippen MR) is 115 cm³/mol. The Balaban J connectivity index is 2.21. The third-order valence-corrected chi connectivity index (χ3v) is 7.12. The highest BCUT2D eigenvalue weighted by Gasteiger charge is 2.73. The summed E-state index contributed by atoms with van der Waals surface area (Å²) in [5.41, 5.74) is -0.880. The van der Waals surface area contributed by atoms with Gasteiger partial charge in [0.15, 0.2) is 0 Å². The zero-order valence-electron chi connectivity index (χ0n) is 15.8. The van der Waals surface area contributed by atoms with E-state index in [0.29, 0.717) is 0 Å². The molecule has 177 valence electrons. The SMILES string of the molecule is Fc1ccccc1C1=C(Br)[CH]C(Br)(c2ccccc2F)C=C1SC(F)(F)C(F)(F)C(F)(F)F. The van der Waals surface area contributed by atoms with E-state index < -0.39 is 55.6 Å². The van der Waals surface area contributed by atoms with Crippen LogP contribution in [0.5, 0.6) is 0 Å². The van der Waals surface area contributed by atoms with E-state index in [4.69, 9.17) is 0 Å². The average Bonchev–Trinajstić information content (AvgIpc) is 2.68. The van der Waals surface area contributed by atoms with E-state index in [0.717, 1.165) is 24.3 Å². The summed E-state index contributed by atoms with van der Waals surface area (Å²) >= 11 is 5.12. The fraction of sp³-hybridized carbons (Fsp3) is 0.190. The molecule has 0 fully saturated rings. The minimum atomic E-state index is -6.55. The first-order valence-corrected chi connectivity index (χ1v) is 11.2. The van der Waals surface area contributed by atoms with Crippen LogP contribution in [0.2, 0.25) is 0 Å². The summed E-state index contributed by atoms with van der Waals surface area (Å²) in [6, 6.07) is 9.75. The Morgan fingerprint density at radius 1 is 0.788 bits per heavy atom. The fourth-order valence-electron chi connectivity index (χ4n) is 2.98. The van der Waals surface area contributed by atoms with Crippen LogP contribution in [-0.2, 0) is 4.32 Å². The quantitative estimate of drug-likeness (QED) is 0.236. The normalized spacial score (nSPS) is 20.2. The van der Waals surface area contributed by atoms with Gasteiger partial charge in [0.2, 0.25) is 0 Å². The van der Waals surface area contributed by atoms with Gasteiger partial charge in [0.1, 0.15) is 11.6 Å². The Morgan fingerprint density at radius 3 is 1.88 bits per heavy atom. The van der Waals surface area contributed by atoms with Crippen LogP contribution in [0.1, 0.15) is 11.1 Å². The van der Waals surface area contributed by atoms with Crippen LogP contribution >= 0.6 is 43.6 Å². The standard InChI is InChI=1S/C21H10Br2F9S/c22-13-9-18(23,12-6-2-4-8-15(12)25)10-16(17(13)11-5-1-3-7-14(11)24)33-21(31,32)19(26,27)20(28,29)30/h1-10H. The van der Waals surface area contributed by atoms with Gasteiger partial charge in [0, 0.05) is 32.5 Å². The van der Waals surface area contributed by atoms with Crippen molar-refractivity contribution < 1.29 is 39.5 Å². The maximum Gasteiger partial charge on any atom is 0.460 e. The summed E-state index contributed by atoms with van der Waals surface area (Å²) in [6.07, 6.45) is -4.47. The lowest BCUT2D eigenvalue weighted by molar-refractivity contribution is -0.330. The van der Waals surface area contributed by atoms with Crippen molar-refractivity contribution in [1.29, 1.82) is 0 Å². The van der Waals surface area contributed by atoms with Crippen molar-refractivity contribution in [1.82, 2.24) is 0 Å². The number of hydrogen-bond donors (Lipinski definition) is 0. The van der Waals surface area contributed by atoms with Gasteiger partial charge >= 0.3 is 17.4 Å². The highest BCUT2D eigenvalue weighted by Crippen LogP contribution is 2.59. The molecule has 0 saturated carbocycles. The van der Waals surface area contributed by atoms with Crippen molar-refractivity contribution in [2.75, 3.05) is 0 Å². The van der Waals surface area contributed by atoms with Crippen LogP contribution < -0.4 is 0 Å². The summed E-state index contributed by atoms with van der Waals surface area (Å²) < 4.78 is 121. The van der Waals surface area contributed by atoms with Crippen LogP contribution in [0.3, 0.4) is 0 Å². The number of halogens is 11. The Hall–Kier alpha value is -1.40. The molecule has 0 aromatic heterocycles. The minimum Gasteiger partial charge on any atom is -0.207 e. The van der Waals surface area contributed by atoms with E-state index in [9.17, 15) is 39.5 Å². The smallest absolute Gasteiger partial charge is 0.207 e. The number of rotatable bonds is 5. The van der Waals surface area contributed by atoms with Crippen molar-refractivity contribution in [2.45, 2.75) is 21.7 Å². The van der Waals surface area contributed by atoms with Crippen molar-refractivity contribution in [3.05, 3.63) is 93.2 Å². The molecule has 0 amide bonds. The molecular formula is C21H10Br2F9S. The second kappa shape index (κ2) is 8.99. The third-order valence-electron chi connectivity index (χ3n) is 4.55. The third kappa shape index (κ3) is 4.88. The number of alkyl halides is 8. The molecule has 2 aromatic carbocycles. The maximum absolute atomic E-state index is 14.5. The molecule has 1 radical (unpaired) electrons. The first-order chi connectivity index (χ1) is 15.1. The lowest BCUT2D eigenvalue weighted by Crippen LogP contribution is -2.50. The van der Waals surface area contributed by atoms with E-state index in [-0.39, 0.29) is 15.6 Å². The van der Waals surface area contributed by atoms with Gasteiger partial charge in [0.05, 0.1) is 4.32 Å². The molecule has 0 nitrogen and oxygen atoms in total. The van der Waals surface area contributed by atoms with E-state index in [1.54, 1.807) is 0 Å². The first kappa shape index (κ1) is 26.2. The fourth-order valence-corrected chi connectivity index (χ4v) is 6.22. The largest absolute Gasteiger partial charge is 0.460 e. The predicted octanol–water partition coefficient (Wildman–Crippen LogP) is 8.99. The topological polar surface area (TPSA) is 0 Å². The molecule has 0 spiro atoms. The van der Waals surface area contributed by atoms with Crippen LogP contribution in [0.15, 0.2) is 64.0 Å². The van der Waals surface area contributed by atoms with Crippen LogP contribution in [0.4, 0.5) is 39.5 Å². The van der Waals surface area contributed by atoms with Gasteiger partial charge in [-0.3, -0.25) is 0 Å². The highest BCUT2D eigenvalue weighted by atomic mass is 79.9. The first-order valence-electron chi connectivity index (χ1n) is 8.80. The summed E-state index contributed by atoms with van der Waals surface area (Å²) in [7, 11) is 0. The molecule has 1 aliphatic rings.